The molecule has 100 valence electrons. The lowest BCUT2D eigenvalue weighted by Crippen LogP contribution is -2.29. The molecule has 4 heteroatoms. The lowest BCUT2D eigenvalue weighted by molar-refractivity contribution is 0.0946. The first kappa shape index (κ1) is 15.5. The third-order valence-corrected chi connectivity index (χ3v) is 4.03. The molecular formula is C14H19BrClNO. The maximum Gasteiger partial charge on any atom is 0.251 e. The van der Waals surface area contributed by atoms with Crippen LogP contribution in [0.3, 0.4) is 0 Å². The molecule has 0 aliphatic rings. The van der Waals surface area contributed by atoms with Crippen LogP contribution in [0.1, 0.15) is 35.7 Å². The van der Waals surface area contributed by atoms with E-state index in [1.54, 1.807) is 12.1 Å². The monoisotopic (exact) mass is 331 g/mol. The normalized spacial score (nSPS) is 12.2. The van der Waals surface area contributed by atoms with Gasteiger partial charge in [-0.2, -0.15) is 0 Å². The quantitative estimate of drug-likeness (QED) is 0.778. The molecule has 0 saturated heterocycles. The van der Waals surface area contributed by atoms with Gasteiger partial charge < -0.3 is 5.32 Å². The maximum absolute atomic E-state index is 12.1. The van der Waals surface area contributed by atoms with E-state index in [1.807, 2.05) is 13.0 Å². The molecule has 0 spiro atoms. The molecule has 1 atom stereocenters. The van der Waals surface area contributed by atoms with Crippen LogP contribution in [0.15, 0.2) is 18.2 Å². The third-order valence-electron chi connectivity index (χ3n) is 3.16. The number of hydrogen-bond donors (Lipinski definition) is 1. The minimum atomic E-state index is -0.0389. The van der Waals surface area contributed by atoms with Crippen LogP contribution in [0, 0.1) is 12.8 Å². The number of amides is 1. The van der Waals surface area contributed by atoms with E-state index >= 15 is 0 Å². The van der Waals surface area contributed by atoms with Gasteiger partial charge in [-0.15, -0.1) is 0 Å². The summed E-state index contributed by atoms with van der Waals surface area (Å²) >= 11 is 9.45. The molecular weight excluding hydrogens is 314 g/mol. The van der Waals surface area contributed by atoms with Crippen molar-refractivity contribution in [2.75, 3.05) is 11.9 Å². The summed E-state index contributed by atoms with van der Waals surface area (Å²) in [7, 11) is 0. The van der Waals surface area contributed by atoms with Gasteiger partial charge in [-0.1, -0.05) is 46.9 Å². The highest BCUT2D eigenvalue weighted by Gasteiger charge is 2.12. The Kier molecular flexibility index (Phi) is 6.72. The molecule has 0 bridgehead atoms. The molecule has 0 radical (unpaired) electrons. The number of carbonyl (C=O) groups excluding carboxylic acids is 1. The Bertz CT molecular complexity index is 409. The Morgan fingerprint density at radius 1 is 1.50 bits per heavy atom. The zero-order valence-electron chi connectivity index (χ0n) is 10.8. The molecule has 1 aromatic carbocycles. The Hall–Kier alpha value is -0.540. The second-order valence-electron chi connectivity index (χ2n) is 4.37. The fraction of sp³-hybridized carbons (Fsp3) is 0.500. The van der Waals surface area contributed by atoms with Gasteiger partial charge in [0.2, 0.25) is 0 Å². The lowest BCUT2D eigenvalue weighted by Gasteiger charge is -2.15. The van der Waals surface area contributed by atoms with Crippen LogP contribution in [0.4, 0.5) is 0 Å². The molecule has 1 unspecified atom stereocenters. The van der Waals surface area contributed by atoms with Gasteiger partial charge >= 0.3 is 0 Å². The summed E-state index contributed by atoms with van der Waals surface area (Å²) < 4.78 is 0. The van der Waals surface area contributed by atoms with E-state index in [0.29, 0.717) is 23.0 Å². The van der Waals surface area contributed by atoms with Crippen molar-refractivity contribution < 1.29 is 4.79 Å². The molecule has 1 aromatic rings. The van der Waals surface area contributed by atoms with Crippen LogP contribution in [0.5, 0.6) is 0 Å². The van der Waals surface area contributed by atoms with Crippen molar-refractivity contribution in [1.82, 2.24) is 5.32 Å². The SMILES string of the molecule is CCC(CCBr)CNC(=O)c1cccc(Cl)c1C. The third kappa shape index (κ3) is 4.29. The molecule has 0 saturated carbocycles. The average molecular weight is 333 g/mol. The number of halogens is 2. The van der Waals surface area contributed by atoms with Crippen LogP contribution in [-0.4, -0.2) is 17.8 Å². The van der Waals surface area contributed by atoms with E-state index in [-0.39, 0.29) is 5.91 Å². The highest BCUT2D eigenvalue weighted by molar-refractivity contribution is 9.09. The summed E-state index contributed by atoms with van der Waals surface area (Å²) in [5, 5.41) is 4.59. The molecule has 1 amide bonds. The summed E-state index contributed by atoms with van der Waals surface area (Å²) in [6.45, 7) is 4.73. The minimum Gasteiger partial charge on any atom is -0.352 e. The van der Waals surface area contributed by atoms with Gasteiger partial charge in [0.15, 0.2) is 0 Å². The standard InChI is InChI=1S/C14H19BrClNO/c1-3-11(7-8-15)9-17-14(18)12-5-4-6-13(16)10(12)2/h4-6,11H,3,7-9H2,1-2H3,(H,17,18). The second-order valence-corrected chi connectivity index (χ2v) is 5.57. The van der Waals surface area contributed by atoms with E-state index in [2.05, 4.69) is 28.2 Å². The molecule has 2 nitrogen and oxygen atoms in total. The summed E-state index contributed by atoms with van der Waals surface area (Å²) in [5.41, 5.74) is 1.50. The summed E-state index contributed by atoms with van der Waals surface area (Å²) in [5.74, 6) is 0.482. The van der Waals surface area contributed by atoms with E-state index in [1.165, 1.54) is 0 Å². The Labute approximate surface area is 122 Å². The van der Waals surface area contributed by atoms with Crippen LogP contribution in [0.2, 0.25) is 5.02 Å². The number of hydrogen-bond acceptors (Lipinski definition) is 1. The highest BCUT2D eigenvalue weighted by atomic mass is 79.9. The van der Waals surface area contributed by atoms with Crippen molar-refractivity contribution in [3.8, 4) is 0 Å². The van der Waals surface area contributed by atoms with Crippen LogP contribution in [0.25, 0.3) is 0 Å². The predicted octanol–water partition coefficient (Wildman–Crippen LogP) is 4.19. The first-order valence-electron chi connectivity index (χ1n) is 6.19. The van der Waals surface area contributed by atoms with Crippen molar-refractivity contribution in [3.05, 3.63) is 34.3 Å². The molecule has 0 aromatic heterocycles. The van der Waals surface area contributed by atoms with Crippen LogP contribution in [-0.2, 0) is 0 Å². The maximum atomic E-state index is 12.1. The molecule has 1 N–H and O–H groups in total. The number of rotatable bonds is 6. The van der Waals surface area contributed by atoms with Crippen molar-refractivity contribution in [3.63, 3.8) is 0 Å². The van der Waals surface area contributed by atoms with Crippen molar-refractivity contribution in [2.24, 2.45) is 5.92 Å². The first-order chi connectivity index (χ1) is 8.60. The van der Waals surface area contributed by atoms with Gasteiger partial charge in [-0.3, -0.25) is 4.79 Å². The van der Waals surface area contributed by atoms with Gasteiger partial charge in [0.25, 0.3) is 5.91 Å². The number of nitrogens with one attached hydrogen (secondary N) is 1. The van der Waals surface area contributed by atoms with Crippen molar-refractivity contribution in [1.29, 1.82) is 0 Å². The molecule has 0 aliphatic heterocycles. The number of benzene rings is 1. The van der Waals surface area contributed by atoms with E-state index < -0.39 is 0 Å². The van der Waals surface area contributed by atoms with Crippen LogP contribution >= 0.6 is 27.5 Å². The largest absolute Gasteiger partial charge is 0.352 e. The number of alkyl halides is 1. The van der Waals surface area contributed by atoms with Crippen molar-refractivity contribution >= 4 is 33.4 Å². The van der Waals surface area contributed by atoms with Crippen molar-refractivity contribution in [2.45, 2.75) is 26.7 Å². The zero-order chi connectivity index (χ0) is 13.5. The van der Waals surface area contributed by atoms with E-state index in [9.17, 15) is 4.79 Å². The van der Waals surface area contributed by atoms with Gasteiger partial charge in [0.05, 0.1) is 0 Å². The summed E-state index contributed by atoms with van der Waals surface area (Å²) in [4.78, 5) is 12.1. The molecule has 0 fully saturated rings. The van der Waals surface area contributed by atoms with Crippen LogP contribution < -0.4 is 5.32 Å². The molecule has 0 aliphatic carbocycles. The Balaban J connectivity index is 2.62. The second kappa shape index (κ2) is 7.80. The predicted molar refractivity (Wildman–Crippen MR) is 80.7 cm³/mol. The molecule has 1 rings (SSSR count). The first-order valence-corrected chi connectivity index (χ1v) is 7.69. The molecule has 18 heavy (non-hydrogen) atoms. The smallest absolute Gasteiger partial charge is 0.251 e. The van der Waals surface area contributed by atoms with E-state index in [4.69, 9.17) is 11.6 Å². The minimum absolute atomic E-state index is 0.0389. The van der Waals surface area contributed by atoms with Gasteiger partial charge in [-0.25, -0.2) is 0 Å². The van der Waals surface area contributed by atoms with E-state index in [0.717, 1.165) is 23.7 Å². The fourth-order valence-corrected chi connectivity index (χ4v) is 2.61. The van der Waals surface area contributed by atoms with Gasteiger partial charge in [-0.05, 0) is 37.0 Å². The summed E-state index contributed by atoms with van der Waals surface area (Å²) in [6, 6.07) is 5.41. The van der Waals surface area contributed by atoms with Gasteiger partial charge in [0, 0.05) is 22.5 Å². The lowest BCUT2D eigenvalue weighted by atomic mass is 10.0. The summed E-state index contributed by atoms with van der Waals surface area (Å²) in [6.07, 6.45) is 2.14. The highest BCUT2D eigenvalue weighted by Crippen LogP contribution is 2.18. The Morgan fingerprint density at radius 3 is 2.83 bits per heavy atom. The fourth-order valence-electron chi connectivity index (χ4n) is 1.79. The number of carbonyl (C=O) groups is 1. The topological polar surface area (TPSA) is 29.1 Å². The van der Waals surface area contributed by atoms with Gasteiger partial charge in [0.1, 0.15) is 0 Å². The Morgan fingerprint density at radius 2 is 2.22 bits per heavy atom. The zero-order valence-corrected chi connectivity index (χ0v) is 13.1. The average Bonchev–Trinajstić information content (AvgIpc) is 2.37. The molecule has 0 heterocycles.